The first-order valence-electron chi connectivity index (χ1n) is 11.4. The number of pyridine rings is 1. The van der Waals surface area contributed by atoms with Crippen molar-refractivity contribution in [3.05, 3.63) is 73.1 Å². The van der Waals surface area contributed by atoms with Crippen molar-refractivity contribution in [1.29, 1.82) is 0 Å². The number of aromatic nitrogens is 4. The third-order valence-corrected chi connectivity index (χ3v) is 6.08. The minimum absolute atomic E-state index is 0. The zero-order valence-corrected chi connectivity index (χ0v) is 19.9. The second kappa shape index (κ2) is 9.91. The number of imidazole rings is 1. The van der Waals surface area contributed by atoms with E-state index in [2.05, 4.69) is 52.0 Å². The number of nitrogens with one attached hydrogen (secondary N) is 1. The van der Waals surface area contributed by atoms with Crippen molar-refractivity contribution in [2.24, 2.45) is 0 Å². The van der Waals surface area contributed by atoms with Crippen molar-refractivity contribution >= 4 is 22.8 Å². The van der Waals surface area contributed by atoms with Crippen molar-refractivity contribution in [1.82, 2.24) is 24.8 Å². The van der Waals surface area contributed by atoms with E-state index in [9.17, 15) is 4.79 Å². The third-order valence-electron chi connectivity index (χ3n) is 6.08. The summed E-state index contributed by atoms with van der Waals surface area (Å²) in [6, 6.07) is 10.2. The van der Waals surface area contributed by atoms with Gasteiger partial charge in [0.05, 0.1) is 23.3 Å². The number of nitrogens with zero attached hydrogens (tertiary/aromatic N) is 5. The van der Waals surface area contributed by atoms with Crippen LogP contribution in [0, 0.1) is 6.92 Å². The molecule has 3 aromatic heterocycles. The predicted molar refractivity (Wildman–Crippen MR) is 136 cm³/mol. The molecule has 1 aliphatic rings. The Balaban J connectivity index is 0.00000111. The molecule has 0 spiro atoms. The maximum absolute atomic E-state index is 12.1. The largest absolute Gasteiger partial charge is 0.449 e. The van der Waals surface area contributed by atoms with Crippen LogP contribution in [0.5, 0.6) is 0 Å². The molecule has 0 aliphatic carbocycles. The highest BCUT2D eigenvalue weighted by molar-refractivity contribution is 5.97. The summed E-state index contributed by atoms with van der Waals surface area (Å²) in [5.74, 6) is 2.26. The van der Waals surface area contributed by atoms with Gasteiger partial charge in [-0.25, -0.2) is 15.0 Å². The average Bonchev–Trinajstić information content (AvgIpc) is 3.58. The smallest absolute Gasteiger partial charge is 0.251 e. The summed E-state index contributed by atoms with van der Waals surface area (Å²) in [4.78, 5) is 28.5. The number of oxazole rings is 1. The lowest BCUT2D eigenvalue weighted by Gasteiger charge is -2.22. The highest BCUT2D eigenvalue weighted by atomic mass is 16.3. The summed E-state index contributed by atoms with van der Waals surface area (Å²) in [5, 5.41) is 2.67. The van der Waals surface area contributed by atoms with Gasteiger partial charge in [0.1, 0.15) is 17.9 Å². The number of benzene rings is 1. The van der Waals surface area contributed by atoms with Gasteiger partial charge in [0.25, 0.3) is 5.91 Å². The Morgan fingerprint density at radius 2 is 2.09 bits per heavy atom. The number of amides is 1. The number of carbonyl (C=O) groups excluding carboxylic acids is 1. The van der Waals surface area contributed by atoms with Gasteiger partial charge in [-0.1, -0.05) is 0 Å². The van der Waals surface area contributed by atoms with E-state index in [1.54, 1.807) is 13.3 Å². The van der Waals surface area contributed by atoms with Gasteiger partial charge in [-0.3, -0.25) is 4.79 Å². The molecule has 8 nitrogen and oxygen atoms in total. The van der Waals surface area contributed by atoms with Gasteiger partial charge in [-0.2, -0.15) is 0 Å². The molecular weight excluding hydrogens is 428 g/mol. The normalized spacial score (nSPS) is 15.3. The standard InChI is InChI=1S/C24H26N6O2.C2H4.H2/c1-15-5-4-10-29(15)22-9-7-18(12-26-22)23-28-20-11-17(24(31)25-3)6-8-21(20)30(23)13-19-14-32-16(2)27-19;1-2;/h6-9,11-12,14-15H,4-5,10,13H2,1-3H3,(H,25,31);1-2H2;1H/t15-;;/m0../s1. The van der Waals surface area contributed by atoms with E-state index >= 15 is 0 Å². The van der Waals surface area contributed by atoms with Crippen LogP contribution < -0.4 is 10.2 Å². The molecule has 4 heterocycles. The van der Waals surface area contributed by atoms with E-state index in [0.29, 0.717) is 24.0 Å². The van der Waals surface area contributed by atoms with Gasteiger partial charge in [0.15, 0.2) is 5.89 Å². The minimum atomic E-state index is -0.138. The number of aryl methyl sites for hydroxylation is 1. The maximum atomic E-state index is 12.1. The first-order chi connectivity index (χ1) is 16.5. The summed E-state index contributed by atoms with van der Waals surface area (Å²) >= 11 is 0. The lowest BCUT2D eigenvalue weighted by atomic mass is 10.2. The van der Waals surface area contributed by atoms with Crippen LogP contribution in [-0.2, 0) is 6.54 Å². The Labute approximate surface area is 200 Å². The summed E-state index contributed by atoms with van der Waals surface area (Å²) in [6.07, 6.45) is 5.95. The van der Waals surface area contributed by atoms with Gasteiger partial charge in [-0.15, -0.1) is 13.2 Å². The second-order valence-electron chi connectivity index (χ2n) is 8.25. The van der Waals surface area contributed by atoms with Crippen molar-refractivity contribution in [3.8, 4) is 11.4 Å². The number of rotatable bonds is 5. The number of carbonyl (C=O) groups is 1. The van der Waals surface area contributed by atoms with Gasteiger partial charge in [-0.05, 0) is 50.1 Å². The second-order valence-corrected chi connectivity index (χ2v) is 8.25. The number of hydrogen-bond acceptors (Lipinski definition) is 6. The monoisotopic (exact) mass is 460 g/mol. The lowest BCUT2D eigenvalue weighted by Crippen LogP contribution is -2.26. The Kier molecular flexibility index (Phi) is 6.77. The Morgan fingerprint density at radius 3 is 2.71 bits per heavy atom. The van der Waals surface area contributed by atoms with Gasteiger partial charge in [0.2, 0.25) is 0 Å². The molecule has 0 radical (unpaired) electrons. The van der Waals surface area contributed by atoms with Crippen molar-refractivity contribution in [3.63, 3.8) is 0 Å². The van der Waals surface area contributed by atoms with Crippen LogP contribution >= 0.6 is 0 Å². The SMILES string of the molecule is C=C.CNC(=O)c1ccc2c(c1)nc(-c1ccc(N3CCC[C@@H]3C)nc1)n2Cc1coc(C)n1.[HH]. The van der Waals surface area contributed by atoms with Crippen LogP contribution in [0.15, 0.2) is 60.4 Å². The van der Waals surface area contributed by atoms with Crippen molar-refractivity contribution < 1.29 is 10.6 Å². The molecule has 34 heavy (non-hydrogen) atoms. The highest BCUT2D eigenvalue weighted by Crippen LogP contribution is 2.29. The van der Waals surface area contributed by atoms with E-state index < -0.39 is 0 Å². The topological polar surface area (TPSA) is 89.1 Å². The summed E-state index contributed by atoms with van der Waals surface area (Å²) in [6.45, 7) is 11.6. The first-order valence-corrected chi connectivity index (χ1v) is 11.4. The van der Waals surface area contributed by atoms with E-state index in [-0.39, 0.29) is 7.33 Å². The van der Waals surface area contributed by atoms with Crippen LogP contribution in [0.4, 0.5) is 5.82 Å². The Morgan fingerprint density at radius 1 is 1.26 bits per heavy atom. The highest BCUT2D eigenvalue weighted by Gasteiger charge is 2.22. The third kappa shape index (κ3) is 4.44. The molecule has 1 aliphatic heterocycles. The maximum Gasteiger partial charge on any atom is 0.251 e. The summed E-state index contributed by atoms with van der Waals surface area (Å²) < 4.78 is 7.50. The lowest BCUT2D eigenvalue weighted by molar-refractivity contribution is 0.0963. The zero-order chi connectivity index (χ0) is 24.2. The fourth-order valence-corrected chi connectivity index (χ4v) is 4.40. The molecule has 1 saturated heterocycles. The van der Waals surface area contributed by atoms with E-state index in [4.69, 9.17) is 14.4 Å². The molecule has 1 amide bonds. The van der Waals surface area contributed by atoms with E-state index in [1.807, 2.05) is 31.3 Å². The fourth-order valence-electron chi connectivity index (χ4n) is 4.40. The Bertz CT molecular complexity index is 1300. The zero-order valence-electron chi connectivity index (χ0n) is 19.9. The van der Waals surface area contributed by atoms with Crippen LogP contribution in [0.2, 0.25) is 0 Å². The van der Waals surface area contributed by atoms with Gasteiger partial charge >= 0.3 is 0 Å². The minimum Gasteiger partial charge on any atom is -0.449 e. The first kappa shape index (κ1) is 23.2. The molecule has 1 fully saturated rings. The average molecular weight is 461 g/mol. The van der Waals surface area contributed by atoms with Crippen LogP contribution in [-0.4, -0.2) is 45.1 Å². The molecule has 1 aromatic carbocycles. The molecule has 5 rings (SSSR count). The molecule has 0 unspecified atom stereocenters. The Hall–Kier alpha value is -3.94. The molecule has 1 atom stereocenters. The molecule has 8 heteroatoms. The summed E-state index contributed by atoms with van der Waals surface area (Å²) in [5.41, 5.74) is 3.97. The van der Waals surface area contributed by atoms with E-state index in [1.165, 1.54) is 12.8 Å². The number of fused-ring (bicyclic) bond motifs is 1. The van der Waals surface area contributed by atoms with Crippen LogP contribution in [0.1, 0.15) is 43.1 Å². The predicted octanol–water partition coefficient (Wildman–Crippen LogP) is 4.84. The molecule has 4 aromatic rings. The molecule has 0 bridgehead atoms. The molecule has 0 saturated carbocycles. The fraction of sp³-hybridized carbons (Fsp3) is 0.308. The quantitative estimate of drug-likeness (QED) is 0.429. The van der Waals surface area contributed by atoms with Crippen molar-refractivity contribution in [2.45, 2.75) is 39.3 Å². The molecular formula is C26H32N6O2. The summed E-state index contributed by atoms with van der Waals surface area (Å²) in [7, 11) is 1.62. The van der Waals surface area contributed by atoms with Gasteiger partial charge in [0, 0.05) is 45.3 Å². The van der Waals surface area contributed by atoms with Gasteiger partial charge < -0.3 is 19.2 Å². The van der Waals surface area contributed by atoms with Crippen LogP contribution in [0.25, 0.3) is 22.4 Å². The van der Waals surface area contributed by atoms with E-state index in [0.717, 1.165) is 40.5 Å². The molecule has 1 N–H and O–H groups in total. The molecule has 178 valence electrons. The number of anilines is 1. The number of hydrogen-bond donors (Lipinski definition) is 1. The van der Waals surface area contributed by atoms with Crippen molar-refractivity contribution in [2.75, 3.05) is 18.5 Å². The van der Waals surface area contributed by atoms with Crippen LogP contribution in [0.3, 0.4) is 0 Å².